The standard InChI is InChI=1S/C12H14O3/c1-8-3-4-10(9(2)7-8)15-11-5-6-14-12(11)13/h3-4,7,11H,5-6H2,1-2H3. The molecule has 15 heavy (non-hydrogen) atoms. The van der Waals surface area contributed by atoms with Crippen LogP contribution in [0.25, 0.3) is 0 Å². The first-order valence-electron chi connectivity index (χ1n) is 5.07. The van der Waals surface area contributed by atoms with E-state index in [1.807, 2.05) is 32.0 Å². The lowest BCUT2D eigenvalue weighted by molar-refractivity contribution is -0.143. The van der Waals surface area contributed by atoms with Crippen molar-refractivity contribution >= 4 is 5.97 Å². The second-order valence-electron chi connectivity index (χ2n) is 3.83. The van der Waals surface area contributed by atoms with Gasteiger partial charge in [-0.2, -0.15) is 0 Å². The first-order valence-corrected chi connectivity index (χ1v) is 5.07. The van der Waals surface area contributed by atoms with E-state index < -0.39 is 6.10 Å². The van der Waals surface area contributed by atoms with Crippen molar-refractivity contribution in [3.8, 4) is 5.75 Å². The topological polar surface area (TPSA) is 35.5 Å². The van der Waals surface area contributed by atoms with Crippen LogP contribution in [0.3, 0.4) is 0 Å². The maximum absolute atomic E-state index is 11.2. The molecule has 0 N–H and O–H groups in total. The van der Waals surface area contributed by atoms with Crippen LogP contribution in [0.4, 0.5) is 0 Å². The summed E-state index contributed by atoms with van der Waals surface area (Å²) in [5.74, 6) is 0.513. The molecule has 1 heterocycles. The van der Waals surface area contributed by atoms with Crippen molar-refractivity contribution in [1.82, 2.24) is 0 Å². The van der Waals surface area contributed by atoms with Gasteiger partial charge in [0.25, 0.3) is 0 Å². The molecular weight excluding hydrogens is 192 g/mol. The number of hydrogen-bond donors (Lipinski definition) is 0. The summed E-state index contributed by atoms with van der Waals surface area (Å²) in [4.78, 5) is 11.2. The minimum Gasteiger partial charge on any atom is -0.478 e. The van der Waals surface area contributed by atoms with Crippen molar-refractivity contribution in [3.63, 3.8) is 0 Å². The molecule has 0 spiro atoms. The molecule has 0 amide bonds. The Kier molecular flexibility index (Phi) is 2.62. The van der Waals surface area contributed by atoms with Gasteiger partial charge in [-0.05, 0) is 25.5 Å². The Balaban J connectivity index is 2.13. The van der Waals surface area contributed by atoms with E-state index in [1.54, 1.807) is 0 Å². The number of carbonyl (C=O) groups is 1. The van der Waals surface area contributed by atoms with Gasteiger partial charge in [0.2, 0.25) is 0 Å². The summed E-state index contributed by atoms with van der Waals surface area (Å²) in [5.41, 5.74) is 2.24. The molecule has 1 aliphatic rings. The molecule has 1 atom stereocenters. The molecule has 3 nitrogen and oxygen atoms in total. The second kappa shape index (κ2) is 3.93. The number of esters is 1. The van der Waals surface area contributed by atoms with Crippen LogP contribution in [-0.2, 0) is 9.53 Å². The molecule has 1 unspecified atom stereocenters. The van der Waals surface area contributed by atoms with Crippen molar-refractivity contribution in [3.05, 3.63) is 29.3 Å². The van der Waals surface area contributed by atoms with Crippen molar-refractivity contribution in [2.24, 2.45) is 0 Å². The number of aryl methyl sites for hydroxylation is 2. The number of ether oxygens (including phenoxy) is 2. The van der Waals surface area contributed by atoms with Crippen LogP contribution in [0, 0.1) is 13.8 Å². The molecule has 0 aromatic heterocycles. The third kappa shape index (κ3) is 2.12. The third-order valence-corrected chi connectivity index (χ3v) is 2.49. The van der Waals surface area contributed by atoms with E-state index >= 15 is 0 Å². The van der Waals surface area contributed by atoms with Gasteiger partial charge in [-0.3, -0.25) is 0 Å². The highest BCUT2D eigenvalue weighted by atomic mass is 16.6. The zero-order valence-corrected chi connectivity index (χ0v) is 8.95. The summed E-state index contributed by atoms with van der Waals surface area (Å²) >= 11 is 0. The van der Waals surface area contributed by atoms with Crippen LogP contribution >= 0.6 is 0 Å². The summed E-state index contributed by atoms with van der Waals surface area (Å²) in [6, 6.07) is 5.91. The van der Waals surface area contributed by atoms with Crippen LogP contribution < -0.4 is 4.74 Å². The molecule has 1 aliphatic heterocycles. The first kappa shape index (κ1) is 10.0. The number of hydrogen-bond acceptors (Lipinski definition) is 3. The highest BCUT2D eigenvalue weighted by Crippen LogP contribution is 2.22. The Morgan fingerprint density at radius 2 is 2.20 bits per heavy atom. The summed E-state index contributed by atoms with van der Waals surface area (Å²) < 4.78 is 10.4. The van der Waals surface area contributed by atoms with Crippen LogP contribution in [-0.4, -0.2) is 18.7 Å². The SMILES string of the molecule is Cc1ccc(OC2CCOC2=O)c(C)c1. The minimum atomic E-state index is -0.425. The molecule has 0 aliphatic carbocycles. The summed E-state index contributed by atoms with van der Waals surface area (Å²) in [6.07, 6.45) is 0.220. The molecule has 2 rings (SSSR count). The second-order valence-corrected chi connectivity index (χ2v) is 3.83. The van der Waals surface area contributed by atoms with E-state index in [-0.39, 0.29) is 5.97 Å². The van der Waals surface area contributed by atoms with Gasteiger partial charge in [-0.1, -0.05) is 17.7 Å². The number of carbonyl (C=O) groups excluding carboxylic acids is 1. The van der Waals surface area contributed by atoms with Gasteiger partial charge in [0.05, 0.1) is 6.61 Å². The van der Waals surface area contributed by atoms with Gasteiger partial charge in [-0.15, -0.1) is 0 Å². The highest BCUT2D eigenvalue weighted by molar-refractivity contribution is 5.76. The van der Waals surface area contributed by atoms with Gasteiger partial charge in [0, 0.05) is 6.42 Å². The average Bonchev–Trinajstić information content (AvgIpc) is 2.57. The van der Waals surface area contributed by atoms with Crippen molar-refractivity contribution in [2.45, 2.75) is 26.4 Å². The molecular formula is C12H14O3. The lowest BCUT2D eigenvalue weighted by Crippen LogP contribution is -2.22. The van der Waals surface area contributed by atoms with E-state index in [2.05, 4.69) is 0 Å². The fourth-order valence-corrected chi connectivity index (χ4v) is 1.67. The Morgan fingerprint density at radius 1 is 1.40 bits per heavy atom. The van der Waals surface area contributed by atoms with Crippen LogP contribution in [0.5, 0.6) is 5.75 Å². The number of benzene rings is 1. The largest absolute Gasteiger partial charge is 0.478 e. The summed E-state index contributed by atoms with van der Waals surface area (Å²) in [7, 11) is 0. The van der Waals surface area contributed by atoms with E-state index in [4.69, 9.17) is 9.47 Å². The number of cyclic esters (lactones) is 1. The molecule has 3 heteroatoms. The van der Waals surface area contributed by atoms with Crippen molar-refractivity contribution in [2.75, 3.05) is 6.61 Å². The maximum Gasteiger partial charge on any atom is 0.347 e. The van der Waals surface area contributed by atoms with Gasteiger partial charge in [-0.25, -0.2) is 4.79 Å². The molecule has 1 aromatic carbocycles. The van der Waals surface area contributed by atoms with Crippen molar-refractivity contribution < 1.29 is 14.3 Å². The molecule has 1 fully saturated rings. The monoisotopic (exact) mass is 206 g/mol. The Labute approximate surface area is 89.0 Å². The summed E-state index contributed by atoms with van der Waals surface area (Å²) in [5, 5.41) is 0. The zero-order valence-electron chi connectivity index (χ0n) is 8.95. The summed E-state index contributed by atoms with van der Waals surface area (Å²) in [6.45, 7) is 4.47. The van der Waals surface area contributed by atoms with Gasteiger partial charge in [0.1, 0.15) is 5.75 Å². The molecule has 1 aromatic rings. The first-order chi connectivity index (χ1) is 7.16. The lowest BCUT2D eigenvalue weighted by Gasteiger charge is -2.12. The van der Waals surface area contributed by atoms with Gasteiger partial charge < -0.3 is 9.47 Å². The lowest BCUT2D eigenvalue weighted by atomic mass is 10.1. The average molecular weight is 206 g/mol. The molecule has 0 saturated carbocycles. The van der Waals surface area contributed by atoms with E-state index in [1.165, 1.54) is 5.56 Å². The minimum absolute atomic E-state index is 0.255. The van der Waals surface area contributed by atoms with E-state index in [9.17, 15) is 4.79 Å². The van der Waals surface area contributed by atoms with Gasteiger partial charge in [0.15, 0.2) is 6.10 Å². The normalized spacial score (nSPS) is 20.1. The zero-order chi connectivity index (χ0) is 10.8. The Hall–Kier alpha value is -1.51. The quantitative estimate of drug-likeness (QED) is 0.694. The van der Waals surface area contributed by atoms with Crippen LogP contribution in [0.2, 0.25) is 0 Å². The fraction of sp³-hybridized carbons (Fsp3) is 0.417. The van der Waals surface area contributed by atoms with E-state index in [0.717, 1.165) is 11.3 Å². The molecule has 1 saturated heterocycles. The van der Waals surface area contributed by atoms with Crippen LogP contribution in [0.1, 0.15) is 17.5 Å². The Bertz CT molecular complexity index is 384. The number of rotatable bonds is 2. The Morgan fingerprint density at radius 3 is 2.80 bits per heavy atom. The third-order valence-electron chi connectivity index (χ3n) is 2.49. The fourth-order valence-electron chi connectivity index (χ4n) is 1.67. The molecule has 0 bridgehead atoms. The molecule has 0 radical (unpaired) electrons. The predicted molar refractivity (Wildman–Crippen MR) is 55.9 cm³/mol. The van der Waals surface area contributed by atoms with E-state index in [0.29, 0.717) is 13.0 Å². The van der Waals surface area contributed by atoms with Crippen molar-refractivity contribution in [1.29, 1.82) is 0 Å². The highest BCUT2D eigenvalue weighted by Gasteiger charge is 2.28. The predicted octanol–water partition coefficient (Wildman–Crippen LogP) is 2.00. The molecule has 80 valence electrons. The smallest absolute Gasteiger partial charge is 0.347 e. The van der Waals surface area contributed by atoms with Crippen LogP contribution in [0.15, 0.2) is 18.2 Å². The van der Waals surface area contributed by atoms with Gasteiger partial charge >= 0.3 is 5.97 Å². The maximum atomic E-state index is 11.2.